The topological polar surface area (TPSA) is 68.3 Å². The maximum Gasteiger partial charge on any atom is 0.282 e. The summed E-state index contributed by atoms with van der Waals surface area (Å²) >= 11 is 0. The van der Waals surface area contributed by atoms with Crippen LogP contribution >= 0.6 is 0 Å². The van der Waals surface area contributed by atoms with Gasteiger partial charge in [0, 0.05) is 26.7 Å². The standard InChI is InChI=1S/C22H30N2O5S/c1-17-13-24(14-18(2)29-17)30(25,26)23(3)15-20-10-11-21(22(12-20)27-4)28-16-19-8-6-5-7-9-19/h5-12,17-18H,13-16H2,1-4H3/t17-,18-/m1/s1. The Morgan fingerprint density at radius 2 is 1.70 bits per heavy atom. The second-order valence-electron chi connectivity index (χ2n) is 7.60. The molecule has 1 aliphatic rings. The van der Waals surface area contributed by atoms with Gasteiger partial charge in [-0.25, -0.2) is 0 Å². The van der Waals surface area contributed by atoms with Crippen LogP contribution in [0.15, 0.2) is 48.5 Å². The molecule has 0 saturated carbocycles. The molecule has 1 heterocycles. The molecule has 0 N–H and O–H groups in total. The fourth-order valence-corrected chi connectivity index (χ4v) is 5.02. The molecule has 30 heavy (non-hydrogen) atoms. The molecule has 3 rings (SSSR count). The van der Waals surface area contributed by atoms with Crippen molar-refractivity contribution in [3.63, 3.8) is 0 Å². The van der Waals surface area contributed by atoms with E-state index in [0.717, 1.165) is 11.1 Å². The summed E-state index contributed by atoms with van der Waals surface area (Å²) in [6.07, 6.45) is -0.254. The van der Waals surface area contributed by atoms with Crippen molar-refractivity contribution in [3.8, 4) is 11.5 Å². The Morgan fingerprint density at radius 1 is 1.03 bits per heavy atom. The average Bonchev–Trinajstić information content (AvgIpc) is 2.72. The lowest BCUT2D eigenvalue weighted by atomic mass is 10.2. The van der Waals surface area contributed by atoms with E-state index < -0.39 is 10.2 Å². The normalized spacial score (nSPS) is 20.3. The van der Waals surface area contributed by atoms with Gasteiger partial charge in [-0.15, -0.1) is 0 Å². The van der Waals surface area contributed by atoms with E-state index in [1.54, 1.807) is 14.2 Å². The molecule has 0 aromatic heterocycles. The predicted molar refractivity (Wildman–Crippen MR) is 116 cm³/mol. The van der Waals surface area contributed by atoms with Gasteiger partial charge in [-0.2, -0.15) is 17.0 Å². The molecular formula is C22H30N2O5S. The molecule has 1 saturated heterocycles. The number of morpholine rings is 1. The molecule has 0 spiro atoms. The van der Waals surface area contributed by atoms with Crippen molar-refractivity contribution in [1.29, 1.82) is 0 Å². The highest BCUT2D eigenvalue weighted by molar-refractivity contribution is 7.86. The van der Waals surface area contributed by atoms with Gasteiger partial charge in [0.15, 0.2) is 11.5 Å². The smallest absolute Gasteiger partial charge is 0.282 e. The molecule has 8 heteroatoms. The molecule has 0 unspecified atom stereocenters. The van der Waals surface area contributed by atoms with E-state index in [1.165, 1.54) is 8.61 Å². The minimum absolute atomic E-state index is 0.127. The lowest BCUT2D eigenvalue weighted by molar-refractivity contribution is -0.0453. The molecule has 2 aromatic rings. The van der Waals surface area contributed by atoms with Gasteiger partial charge in [0.05, 0.1) is 19.3 Å². The largest absolute Gasteiger partial charge is 0.493 e. The number of rotatable bonds is 8. The summed E-state index contributed by atoms with van der Waals surface area (Å²) in [5, 5.41) is 0. The third kappa shape index (κ3) is 5.51. The fraction of sp³-hybridized carbons (Fsp3) is 0.455. The first-order valence-corrected chi connectivity index (χ1v) is 11.4. The van der Waals surface area contributed by atoms with Crippen LogP contribution < -0.4 is 9.47 Å². The first kappa shape index (κ1) is 22.6. The van der Waals surface area contributed by atoms with Crippen LogP contribution in [-0.4, -0.2) is 56.5 Å². The minimum Gasteiger partial charge on any atom is -0.493 e. The summed E-state index contributed by atoms with van der Waals surface area (Å²) in [6, 6.07) is 15.4. The lowest BCUT2D eigenvalue weighted by Gasteiger charge is -2.36. The predicted octanol–water partition coefficient (Wildman–Crippen LogP) is 3.06. The molecule has 0 bridgehead atoms. The minimum atomic E-state index is -3.59. The van der Waals surface area contributed by atoms with Crippen LogP contribution in [-0.2, 0) is 28.1 Å². The van der Waals surface area contributed by atoms with Crippen LogP contribution in [0.1, 0.15) is 25.0 Å². The van der Waals surface area contributed by atoms with Crippen molar-refractivity contribution in [3.05, 3.63) is 59.7 Å². The van der Waals surface area contributed by atoms with Gasteiger partial charge in [-0.1, -0.05) is 36.4 Å². The van der Waals surface area contributed by atoms with Crippen LogP contribution in [0.25, 0.3) is 0 Å². The Balaban J connectivity index is 1.68. The zero-order valence-electron chi connectivity index (χ0n) is 17.9. The second kappa shape index (κ2) is 9.78. The van der Waals surface area contributed by atoms with E-state index in [2.05, 4.69) is 0 Å². The van der Waals surface area contributed by atoms with Crippen molar-refractivity contribution < 1.29 is 22.6 Å². The quantitative estimate of drug-likeness (QED) is 0.639. The lowest BCUT2D eigenvalue weighted by Crippen LogP contribution is -2.52. The van der Waals surface area contributed by atoms with E-state index in [0.29, 0.717) is 31.2 Å². The number of methoxy groups -OCH3 is 1. The zero-order chi connectivity index (χ0) is 21.7. The Morgan fingerprint density at radius 3 is 2.33 bits per heavy atom. The fourth-order valence-electron chi connectivity index (χ4n) is 3.52. The van der Waals surface area contributed by atoms with Crippen molar-refractivity contribution in [2.75, 3.05) is 27.2 Å². The van der Waals surface area contributed by atoms with Crippen molar-refractivity contribution >= 4 is 10.2 Å². The zero-order valence-corrected chi connectivity index (χ0v) is 18.8. The molecule has 0 aliphatic carbocycles. The summed E-state index contributed by atoms with van der Waals surface area (Å²) in [5.41, 5.74) is 1.88. The summed E-state index contributed by atoms with van der Waals surface area (Å²) in [7, 11) is -0.423. The van der Waals surface area contributed by atoms with Gasteiger partial charge < -0.3 is 14.2 Å². The highest BCUT2D eigenvalue weighted by Gasteiger charge is 2.33. The van der Waals surface area contributed by atoms with Gasteiger partial charge in [0.25, 0.3) is 10.2 Å². The van der Waals surface area contributed by atoms with Crippen LogP contribution in [0.5, 0.6) is 11.5 Å². The van der Waals surface area contributed by atoms with Crippen LogP contribution in [0, 0.1) is 0 Å². The molecule has 7 nitrogen and oxygen atoms in total. The van der Waals surface area contributed by atoms with E-state index in [1.807, 2.05) is 62.4 Å². The highest BCUT2D eigenvalue weighted by Crippen LogP contribution is 2.30. The number of nitrogens with zero attached hydrogens (tertiary/aromatic N) is 2. The molecule has 2 aromatic carbocycles. The molecule has 1 aliphatic heterocycles. The molecule has 2 atom stereocenters. The van der Waals surface area contributed by atoms with E-state index >= 15 is 0 Å². The Kier molecular flexibility index (Phi) is 7.36. The first-order chi connectivity index (χ1) is 14.3. The van der Waals surface area contributed by atoms with Crippen LogP contribution in [0.2, 0.25) is 0 Å². The summed E-state index contributed by atoms with van der Waals surface area (Å²) in [4.78, 5) is 0. The van der Waals surface area contributed by atoms with Crippen molar-refractivity contribution in [1.82, 2.24) is 8.61 Å². The van der Waals surface area contributed by atoms with Crippen molar-refractivity contribution in [2.24, 2.45) is 0 Å². The number of benzene rings is 2. The highest BCUT2D eigenvalue weighted by atomic mass is 32.2. The third-order valence-corrected chi connectivity index (χ3v) is 6.84. The maximum absolute atomic E-state index is 13.0. The molecule has 164 valence electrons. The summed E-state index contributed by atoms with van der Waals surface area (Å²) in [6.45, 7) is 5.14. The second-order valence-corrected chi connectivity index (χ2v) is 9.63. The Bertz CT molecular complexity index is 926. The molecule has 0 radical (unpaired) electrons. The molecule has 0 amide bonds. The van der Waals surface area contributed by atoms with E-state index in [9.17, 15) is 8.42 Å². The first-order valence-electron chi connectivity index (χ1n) is 10.00. The third-order valence-electron chi connectivity index (χ3n) is 4.98. The van der Waals surface area contributed by atoms with Gasteiger partial charge >= 0.3 is 0 Å². The molecule has 1 fully saturated rings. The van der Waals surface area contributed by atoms with Gasteiger partial charge in [-0.3, -0.25) is 0 Å². The van der Waals surface area contributed by atoms with Crippen LogP contribution in [0.4, 0.5) is 0 Å². The molecular weight excluding hydrogens is 404 g/mol. The summed E-state index contributed by atoms with van der Waals surface area (Å²) in [5.74, 6) is 1.19. The average molecular weight is 435 g/mol. The number of hydrogen-bond donors (Lipinski definition) is 0. The van der Waals surface area contributed by atoms with E-state index in [-0.39, 0.29) is 18.8 Å². The monoisotopic (exact) mass is 434 g/mol. The maximum atomic E-state index is 13.0. The van der Waals surface area contributed by atoms with Gasteiger partial charge in [0.2, 0.25) is 0 Å². The Hall–Kier alpha value is -2.13. The van der Waals surface area contributed by atoms with Crippen molar-refractivity contribution in [2.45, 2.75) is 39.2 Å². The number of hydrogen-bond acceptors (Lipinski definition) is 5. The van der Waals surface area contributed by atoms with Crippen LogP contribution in [0.3, 0.4) is 0 Å². The van der Waals surface area contributed by atoms with E-state index in [4.69, 9.17) is 14.2 Å². The van der Waals surface area contributed by atoms with Gasteiger partial charge in [-0.05, 0) is 37.1 Å². The SMILES string of the molecule is COc1cc(CN(C)S(=O)(=O)N2C[C@@H](C)O[C@H](C)C2)ccc1OCc1ccccc1. The Labute approximate surface area is 179 Å². The summed E-state index contributed by atoms with van der Waals surface area (Å²) < 4.78 is 45.8. The number of ether oxygens (including phenoxy) is 3. The van der Waals surface area contributed by atoms with Gasteiger partial charge in [0.1, 0.15) is 6.61 Å².